The Morgan fingerprint density at radius 2 is 1.74 bits per heavy atom. The lowest BCUT2D eigenvalue weighted by molar-refractivity contribution is 0.194. The standard InChI is InChI=1S/C22H18ClFN2O/c23-20-11-4-3-10-19(20)21-18-9-2-1-6-15(18)12-13-26(21)22(27)25-17-8-5-7-16(24)14-17/h1-11,14,21H,12-13H2,(H,25,27)/t21-/m1/s1. The van der Waals surface area contributed by atoms with Gasteiger partial charge in [0.25, 0.3) is 0 Å². The summed E-state index contributed by atoms with van der Waals surface area (Å²) in [5, 5.41) is 3.42. The first kappa shape index (κ1) is 17.6. The largest absolute Gasteiger partial charge is 0.322 e. The van der Waals surface area contributed by atoms with E-state index in [4.69, 9.17) is 11.6 Å². The zero-order valence-electron chi connectivity index (χ0n) is 14.5. The number of nitrogens with zero attached hydrogens (tertiary/aromatic N) is 1. The molecule has 0 aromatic heterocycles. The lowest BCUT2D eigenvalue weighted by atomic mass is 9.88. The number of carbonyl (C=O) groups excluding carboxylic acids is 1. The molecule has 2 amide bonds. The first-order valence-electron chi connectivity index (χ1n) is 8.79. The molecule has 3 aromatic rings. The van der Waals surface area contributed by atoms with Gasteiger partial charge in [0, 0.05) is 17.3 Å². The van der Waals surface area contributed by atoms with Crippen LogP contribution in [0, 0.1) is 5.82 Å². The minimum absolute atomic E-state index is 0.278. The number of fused-ring (bicyclic) bond motifs is 1. The molecule has 1 N–H and O–H groups in total. The smallest absolute Gasteiger partial charge is 0.313 e. The molecule has 3 nitrogen and oxygen atoms in total. The van der Waals surface area contributed by atoms with Gasteiger partial charge in [0.1, 0.15) is 5.82 Å². The minimum Gasteiger partial charge on any atom is -0.313 e. The van der Waals surface area contributed by atoms with Crippen LogP contribution in [0.2, 0.25) is 5.02 Å². The van der Waals surface area contributed by atoms with E-state index >= 15 is 0 Å². The lowest BCUT2D eigenvalue weighted by Gasteiger charge is -2.38. The van der Waals surface area contributed by atoms with Crippen molar-refractivity contribution >= 4 is 23.3 Å². The average Bonchev–Trinajstić information content (AvgIpc) is 2.67. The van der Waals surface area contributed by atoms with E-state index in [9.17, 15) is 9.18 Å². The maximum absolute atomic E-state index is 13.5. The Morgan fingerprint density at radius 1 is 1.00 bits per heavy atom. The molecule has 0 unspecified atom stereocenters. The fourth-order valence-electron chi connectivity index (χ4n) is 3.58. The Balaban J connectivity index is 1.72. The van der Waals surface area contributed by atoms with E-state index in [1.54, 1.807) is 17.0 Å². The van der Waals surface area contributed by atoms with Crippen LogP contribution in [0.1, 0.15) is 22.7 Å². The summed E-state index contributed by atoms with van der Waals surface area (Å²) in [5.74, 6) is -0.389. The van der Waals surface area contributed by atoms with Crippen molar-refractivity contribution in [1.82, 2.24) is 4.90 Å². The van der Waals surface area contributed by atoms with Gasteiger partial charge in [-0.25, -0.2) is 9.18 Å². The van der Waals surface area contributed by atoms with Gasteiger partial charge in [0.05, 0.1) is 6.04 Å². The monoisotopic (exact) mass is 380 g/mol. The van der Waals surface area contributed by atoms with Gasteiger partial charge in [-0.15, -0.1) is 0 Å². The summed E-state index contributed by atoms with van der Waals surface area (Å²) in [6.45, 7) is 0.550. The van der Waals surface area contributed by atoms with Gasteiger partial charge in [0.15, 0.2) is 0 Å². The Labute approximate surface area is 162 Å². The molecule has 0 aliphatic carbocycles. The molecule has 0 radical (unpaired) electrons. The third-order valence-electron chi connectivity index (χ3n) is 4.82. The highest BCUT2D eigenvalue weighted by Crippen LogP contribution is 2.38. The van der Waals surface area contributed by atoms with Gasteiger partial charge in [-0.3, -0.25) is 0 Å². The summed E-state index contributed by atoms with van der Waals surface area (Å²) in [4.78, 5) is 14.8. The first-order valence-corrected chi connectivity index (χ1v) is 9.17. The van der Waals surface area contributed by atoms with Crippen molar-refractivity contribution in [3.05, 3.63) is 100 Å². The van der Waals surface area contributed by atoms with Gasteiger partial charge in [0.2, 0.25) is 0 Å². The van der Waals surface area contributed by atoms with Gasteiger partial charge < -0.3 is 10.2 Å². The van der Waals surface area contributed by atoms with Crippen LogP contribution in [0.15, 0.2) is 72.8 Å². The summed E-state index contributed by atoms with van der Waals surface area (Å²) < 4.78 is 13.5. The second-order valence-corrected chi connectivity index (χ2v) is 6.91. The van der Waals surface area contributed by atoms with Crippen LogP contribution in [0.25, 0.3) is 0 Å². The lowest BCUT2D eigenvalue weighted by Crippen LogP contribution is -2.43. The van der Waals surface area contributed by atoms with Gasteiger partial charge >= 0.3 is 6.03 Å². The van der Waals surface area contributed by atoms with Crippen molar-refractivity contribution in [1.29, 1.82) is 0 Å². The summed E-state index contributed by atoms with van der Waals surface area (Å²) >= 11 is 6.47. The Bertz CT molecular complexity index is 991. The molecule has 1 heterocycles. The first-order chi connectivity index (χ1) is 13.1. The molecule has 136 valence electrons. The van der Waals surface area contributed by atoms with Crippen molar-refractivity contribution in [3.8, 4) is 0 Å². The maximum atomic E-state index is 13.5. The van der Waals surface area contributed by atoms with E-state index in [2.05, 4.69) is 11.4 Å². The van der Waals surface area contributed by atoms with Crippen LogP contribution < -0.4 is 5.32 Å². The number of benzene rings is 3. The van der Waals surface area contributed by atoms with Crippen LogP contribution in [0.3, 0.4) is 0 Å². The molecule has 0 saturated carbocycles. The number of halogens is 2. The van der Waals surface area contributed by atoms with Crippen LogP contribution >= 0.6 is 11.6 Å². The number of anilines is 1. The Morgan fingerprint density at radius 3 is 2.52 bits per heavy atom. The van der Waals surface area contributed by atoms with Crippen molar-refractivity contribution in [3.63, 3.8) is 0 Å². The molecule has 3 aromatic carbocycles. The predicted molar refractivity (Wildman–Crippen MR) is 106 cm³/mol. The highest BCUT2D eigenvalue weighted by atomic mass is 35.5. The summed E-state index contributed by atoms with van der Waals surface area (Å²) in [5.41, 5.74) is 3.57. The highest BCUT2D eigenvalue weighted by Gasteiger charge is 2.33. The number of hydrogen-bond acceptors (Lipinski definition) is 1. The molecule has 0 spiro atoms. The number of nitrogens with one attached hydrogen (secondary N) is 1. The van der Waals surface area contributed by atoms with Crippen molar-refractivity contribution in [2.75, 3.05) is 11.9 Å². The fourth-order valence-corrected chi connectivity index (χ4v) is 3.82. The minimum atomic E-state index is -0.389. The van der Waals surface area contributed by atoms with E-state index < -0.39 is 0 Å². The molecule has 1 aliphatic rings. The van der Waals surface area contributed by atoms with E-state index in [1.807, 2.05) is 42.5 Å². The maximum Gasteiger partial charge on any atom is 0.322 e. The number of amides is 2. The summed E-state index contributed by atoms with van der Waals surface area (Å²) in [6, 6.07) is 21.0. The molecule has 5 heteroatoms. The summed E-state index contributed by atoms with van der Waals surface area (Å²) in [6.07, 6.45) is 0.758. The number of hydrogen-bond donors (Lipinski definition) is 1. The quantitative estimate of drug-likeness (QED) is 0.611. The van der Waals surface area contributed by atoms with E-state index in [0.29, 0.717) is 17.3 Å². The highest BCUT2D eigenvalue weighted by molar-refractivity contribution is 6.31. The average molecular weight is 381 g/mol. The van der Waals surface area contributed by atoms with Gasteiger partial charge in [-0.1, -0.05) is 60.1 Å². The molecule has 4 rings (SSSR count). The molecule has 27 heavy (non-hydrogen) atoms. The van der Waals surface area contributed by atoms with Crippen LogP contribution in [-0.4, -0.2) is 17.5 Å². The zero-order chi connectivity index (χ0) is 18.8. The second kappa shape index (κ2) is 7.41. The Hall–Kier alpha value is -2.85. The second-order valence-electron chi connectivity index (χ2n) is 6.51. The zero-order valence-corrected chi connectivity index (χ0v) is 15.3. The fraction of sp³-hybridized carbons (Fsp3) is 0.136. The summed E-state index contributed by atoms with van der Waals surface area (Å²) in [7, 11) is 0. The van der Waals surface area contributed by atoms with Crippen LogP contribution in [0.4, 0.5) is 14.9 Å². The van der Waals surface area contributed by atoms with Crippen molar-refractivity contribution in [2.45, 2.75) is 12.5 Å². The van der Waals surface area contributed by atoms with E-state index in [0.717, 1.165) is 17.5 Å². The van der Waals surface area contributed by atoms with Crippen LogP contribution in [0.5, 0.6) is 0 Å². The SMILES string of the molecule is O=C(Nc1cccc(F)c1)N1CCc2ccccc2[C@@H]1c1ccccc1Cl. The van der Waals surface area contributed by atoms with Gasteiger partial charge in [-0.2, -0.15) is 0 Å². The van der Waals surface area contributed by atoms with Crippen LogP contribution in [-0.2, 0) is 6.42 Å². The molecular formula is C22H18ClFN2O. The predicted octanol–water partition coefficient (Wildman–Crippen LogP) is 5.66. The molecule has 0 saturated heterocycles. The number of carbonyl (C=O) groups is 1. The molecule has 0 fully saturated rings. The number of urea groups is 1. The molecule has 0 bridgehead atoms. The number of rotatable bonds is 2. The molecular weight excluding hydrogens is 363 g/mol. The topological polar surface area (TPSA) is 32.3 Å². The van der Waals surface area contributed by atoms with Crippen molar-refractivity contribution < 1.29 is 9.18 Å². The Kier molecular flexibility index (Phi) is 4.82. The van der Waals surface area contributed by atoms with Gasteiger partial charge in [-0.05, 0) is 47.4 Å². The molecule has 1 atom stereocenters. The van der Waals surface area contributed by atoms with Crippen molar-refractivity contribution in [2.24, 2.45) is 0 Å². The molecule has 1 aliphatic heterocycles. The van der Waals surface area contributed by atoms with E-state index in [1.165, 1.54) is 17.7 Å². The normalized spacial score (nSPS) is 15.9. The third kappa shape index (κ3) is 3.53. The third-order valence-corrected chi connectivity index (χ3v) is 5.16. The van der Waals surface area contributed by atoms with E-state index in [-0.39, 0.29) is 17.9 Å².